The molecule has 0 spiro atoms. The molecule has 0 N–H and O–H groups in total. The minimum absolute atomic E-state index is 0.118. The van der Waals surface area contributed by atoms with E-state index in [0.717, 1.165) is 17.0 Å². The van der Waals surface area contributed by atoms with E-state index in [1.165, 1.54) is 59.4 Å². The quantitative estimate of drug-likeness (QED) is 0.0936. The summed E-state index contributed by atoms with van der Waals surface area (Å²) in [6.45, 7) is 1.61. The first-order valence-corrected chi connectivity index (χ1v) is 17.4. The van der Waals surface area contributed by atoms with Gasteiger partial charge in [0.05, 0.1) is 54.2 Å². The predicted octanol–water partition coefficient (Wildman–Crippen LogP) is 5.82. The minimum atomic E-state index is -1.79. The fourth-order valence-corrected chi connectivity index (χ4v) is 7.39. The molecule has 15 heteroatoms. The number of hydrogen-bond acceptors (Lipinski definition) is 10. The van der Waals surface area contributed by atoms with E-state index in [0.29, 0.717) is 11.6 Å². The number of allylic oxidation sites excluding steroid dienone is 2. The zero-order chi connectivity index (χ0) is 37.5. The highest BCUT2D eigenvalue weighted by Gasteiger charge is 2.47. The highest BCUT2D eigenvalue weighted by molar-refractivity contribution is 8.00. The number of carbonyl (C=O) groups excluding carboxylic acids is 3. The standard InChI is InChI=1S/C38H32F3N5O6S/c1-24(53-28-19-50-35(51-20-28)9-5-2-6-26-11-10-25(18-42)16-32(26)40)38(21-45-23-43-22-44-45,31-13-12-27(39)17-33(31)41)52-34(47)14-15-46-36(48)29-7-3-4-8-30(29)37(46)49/h2-13,16-17,22-24,28,35H,14-15,19-21H2,1H3/t24-,28?,35?,38-/m1/s1. The molecular formula is C38H32F3N5O6S. The summed E-state index contributed by atoms with van der Waals surface area (Å²) in [6.07, 6.45) is 7.95. The van der Waals surface area contributed by atoms with Gasteiger partial charge in [0, 0.05) is 29.0 Å². The molecule has 0 unspecified atom stereocenters. The van der Waals surface area contributed by atoms with Gasteiger partial charge >= 0.3 is 5.97 Å². The van der Waals surface area contributed by atoms with E-state index in [1.54, 1.807) is 43.4 Å². The summed E-state index contributed by atoms with van der Waals surface area (Å²) in [6, 6.07) is 15.4. The van der Waals surface area contributed by atoms with Crippen LogP contribution in [0.5, 0.6) is 0 Å². The summed E-state index contributed by atoms with van der Waals surface area (Å²) in [5.74, 6) is -4.23. The summed E-state index contributed by atoms with van der Waals surface area (Å²) < 4.78 is 63.4. The molecule has 1 aromatic heterocycles. The van der Waals surface area contributed by atoms with Crippen LogP contribution in [0.3, 0.4) is 0 Å². The Bertz CT molecular complexity index is 2060. The van der Waals surface area contributed by atoms with Gasteiger partial charge in [0.25, 0.3) is 11.8 Å². The summed E-state index contributed by atoms with van der Waals surface area (Å²) >= 11 is 1.30. The molecule has 0 aliphatic carbocycles. The number of thioether (sulfide) groups is 1. The van der Waals surface area contributed by atoms with Gasteiger partial charge in [0.1, 0.15) is 30.1 Å². The molecule has 6 rings (SSSR count). The van der Waals surface area contributed by atoms with Crippen molar-refractivity contribution < 1.29 is 41.8 Å². The van der Waals surface area contributed by atoms with Crippen LogP contribution in [-0.4, -0.2) is 74.0 Å². The number of imide groups is 1. The number of fused-ring (bicyclic) bond motifs is 1. The zero-order valence-electron chi connectivity index (χ0n) is 28.2. The number of esters is 1. The van der Waals surface area contributed by atoms with Gasteiger partial charge in [-0.05, 0) is 49.4 Å². The Balaban J connectivity index is 1.17. The topological polar surface area (TPSA) is 137 Å². The van der Waals surface area contributed by atoms with E-state index in [1.807, 2.05) is 6.07 Å². The van der Waals surface area contributed by atoms with Crippen LogP contribution < -0.4 is 0 Å². The van der Waals surface area contributed by atoms with Crippen molar-refractivity contribution >= 4 is 35.6 Å². The van der Waals surface area contributed by atoms with E-state index in [9.17, 15) is 23.2 Å². The second-order valence-corrected chi connectivity index (χ2v) is 13.8. The summed E-state index contributed by atoms with van der Waals surface area (Å²) in [5, 5.41) is 12.0. The molecule has 3 aromatic carbocycles. The third-order valence-electron chi connectivity index (χ3n) is 8.69. The second-order valence-electron chi connectivity index (χ2n) is 12.2. The summed E-state index contributed by atoms with van der Waals surface area (Å²) in [7, 11) is 0. The van der Waals surface area contributed by atoms with E-state index in [2.05, 4.69) is 10.1 Å². The van der Waals surface area contributed by atoms with Crippen LogP contribution in [0.1, 0.15) is 50.8 Å². The van der Waals surface area contributed by atoms with Crippen LogP contribution in [-0.2, 0) is 31.2 Å². The predicted molar refractivity (Wildman–Crippen MR) is 186 cm³/mol. The number of amides is 2. The Labute approximate surface area is 306 Å². The SMILES string of the molecule is C[C@@H](SC1COC(C=CC=Cc2ccc(C#N)cc2F)OC1)[C@@](Cn1cncn1)(OC(=O)CCN1C(=O)c2ccccc2C1=O)c1ccc(F)cc1F. The van der Waals surface area contributed by atoms with E-state index >= 15 is 4.39 Å². The van der Waals surface area contributed by atoms with Gasteiger partial charge in [-0.3, -0.25) is 19.3 Å². The largest absolute Gasteiger partial charge is 0.451 e. The number of ether oxygens (including phenoxy) is 3. The summed E-state index contributed by atoms with van der Waals surface area (Å²) in [4.78, 5) is 44.4. The molecule has 272 valence electrons. The number of halogens is 3. The molecule has 11 nitrogen and oxygen atoms in total. The molecule has 2 atom stereocenters. The van der Waals surface area contributed by atoms with Crippen LogP contribution in [0.4, 0.5) is 13.2 Å². The molecule has 2 amide bonds. The van der Waals surface area contributed by atoms with Crippen molar-refractivity contribution in [3.05, 3.63) is 137 Å². The molecule has 4 aromatic rings. The molecule has 3 heterocycles. The van der Waals surface area contributed by atoms with Gasteiger partial charge < -0.3 is 14.2 Å². The fraction of sp³-hybridized carbons (Fsp3) is 0.263. The van der Waals surface area contributed by atoms with Crippen molar-refractivity contribution in [2.24, 2.45) is 0 Å². The lowest BCUT2D eigenvalue weighted by atomic mass is 9.89. The van der Waals surface area contributed by atoms with Gasteiger partial charge in [-0.25, -0.2) is 22.8 Å². The van der Waals surface area contributed by atoms with Crippen LogP contribution in [0.25, 0.3) is 6.08 Å². The van der Waals surface area contributed by atoms with Crippen LogP contribution in [0.15, 0.2) is 91.5 Å². The maximum Gasteiger partial charge on any atom is 0.308 e. The number of rotatable bonds is 13. The van der Waals surface area contributed by atoms with Gasteiger partial charge in [0.2, 0.25) is 0 Å². The molecule has 0 radical (unpaired) electrons. The molecule has 1 saturated heterocycles. The highest BCUT2D eigenvalue weighted by Crippen LogP contribution is 2.42. The van der Waals surface area contributed by atoms with Gasteiger partial charge in [0.15, 0.2) is 11.9 Å². The first-order chi connectivity index (χ1) is 25.6. The first kappa shape index (κ1) is 37.2. The number of hydrogen-bond donors (Lipinski definition) is 0. The molecule has 2 aliphatic heterocycles. The van der Waals surface area contributed by atoms with E-state index in [-0.39, 0.29) is 53.8 Å². The molecule has 0 bridgehead atoms. The maximum atomic E-state index is 15.7. The smallest absolute Gasteiger partial charge is 0.308 e. The summed E-state index contributed by atoms with van der Waals surface area (Å²) in [5.41, 5.74) is -0.925. The molecule has 1 fully saturated rings. The van der Waals surface area contributed by atoms with Crippen molar-refractivity contribution in [2.75, 3.05) is 19.8 Å². The van der Waals surface area contributed by atoms with Crippen LogP contribution in [0.2, 0.25) is 0 Å². The Morgan fingerprint density at radius 3 is 2.43 bits per heavy atom. The zero-order valence-corrected chi connectivity index (χ0v) is 29.0. The molecule has 53 heavy (non-hydrogen) atoms. The Hall–Kier alpha value is -5.56. The number of nitriles is 1. The van der Waals surface area contributed by atoms with Crippen molar-refractivity contribution in [1.82, 2.24) is 19.7 Å². The third kappa shape index (κ3) is 8.41. The third-order valence-corrected chi connectivity index (χ3v) is 10.1. The fourth-order valence-electron chi connectivity index (χ4n) is 6.02. The van der Waals surface area contributed by atoms with Gasteiger partial charge in [-0.15, -0.1) is 11.8 Å². The Kier molecular flexibility index (Phi) is 11.5. The lowest BCUT2D eigenvalue weighted by molar-refractivity contribution is -0.163. The normalized spacial score (nSPS) is 19.0. The maximum absolute atomic E-state index is 15.7. The lowest BCUT2D eigenvalue weighted by Gasteiger charge is -2.40. The molecule has 2 aliphatic rings. The monoisotopic (exact) mass is 743 g/mol. The van der Waals surface area contributed by atoms with Gasteiger partial charge in [-0.2, -0.15) is 10.4 Å². The van der Waals surface area contributed by atoms with Crippen LogP contribution >= 0.6 is 11.8 Å². The minimum Gasteiger partial charge on any atom is -0.451 e. The van der Waals surface area contributed by atoms with Crippen LogP contribution in [0, 0.1) is 28.8 Å². The molecule has 0 saturated carbocycles. The lowest BCUT2D eigenvalue weighted by Crippen LogP contribution is -2.47. The first-order valence-electron chi connectivity index (χ1n) is 16.5. The van der Waals surface area contributed by atoms with Crippen molar-refractivity contribution in [3.8, 4) is 6.07 Å². The van der Waals surface area contributed by atoms with E-state index in [4.69, 9.17) is 19.5 Å². The average Bonchev–Trinajstić information content (AvgIpc) is 3.75. The van der Waals surface area contributed by atoms with E-state index < -0.39 is 58.8 Å². The highest BCUT2D eigenvalue weighted by atomic mass is 32.2. The van der Waals surface area contributed by atoms with Crippen molar-refractivity contribution in [2.45, 2.75) is 42.3 Å². The Morgan fingerprint density at radius 1 is 1.06 bits per heavy atom. The Morgan fingerprint density at radius 2 is 1.79 bits per heavy atom. The molecular weight excluding hydrogens is 712 g/mol. The van der Waals surface area contributed by atoms with Crippen molar-refractivity contribution in [3.63, 3.8) is 0 Å². The number of carbonyl (C=O) groups is 3. The van der Waals surface area contributed by atoms with Gasteiger partial charge in [-0.1, -0.05) is 36.4 Å². The second kappa shape index (κ2) is 16.4. The van der Waals surface area contributed by atoms with Crippen molar-refractivity contribution in [1.29, 1.82) is 5.26 Å². The number of aromatic nitrogens is 3. The number of benzene rings is 3. The average molecular weight is 744 g/mol. The number of nitrogens with zero attached hydrogens (tertiary/aromatic N) is 5.